The zero-order valence-corrected chi connectivity index (χ0v) is 13.0. The Hall–Kier alpha value is -1.51. The molecule has 1 heterocycles. The van der Waals surface area contributed by atoms with Gasteiger partial charge in [0.1, 0.15) is 5.75 Å². The van der Waals surface area contributed by atoms with E-state index in [2.05, 4.69) is 20.8 Å². The van der Waals surface area contributed by atoms with Gasteiger partial charge in [0.15, 0.2) is 6.10 Å². The minimum atomic E-state index is -0.412. The zero-order chi connectivity index (χ0) is 14.7. The number of carbonyl (C=O) groups is 1. The molecule has 1 atom stereocenters. The largest absolute Gasteiger partial charge is 0.481 e. The van der Waals surface area contributed by atoms with E-state index in [0.717, 1.165) is 37.6 Å². The molecule has 0 radical (unpaired) electrons. The lowest BCUT2D eigenvalue weighted by atomic mass is 9.99. The number of aryl methyl sites for hydroxylation is 2. The maximum Gasteiger partial charge on any atom is 0.263 e. The topological polar surface area (TPSA) is 29.5 Å². The molecule has 2 rings (SSSR count). The van der Waals surface area contributed by atoms with Crippen LogP contribution in [0.1, 0.15) is 37.8 Å². The second-order valence-electron chi connectivity index (χ2n) is 6.01. The van der Waals surface area contributed by atoms with Gasteiger partial charge >= 0.3 is 0 Å². The fourth-order valence-corrected chi connectivity index (χ4v) is 2.53. The number of rotatable bonds is 3. The van der Waals surface area contributed by atoms with Gasteiger partial charge in [-0.15, -0.1) is 0 Å². The molecular formula is C17H25NO2. The van der Waals surface area contributed by atoms with Gasteiger partial charge in [-0.25, -0.2) is 0 Å². The smallest absolute Gasteiger partial charge is 0.263 e. The molecule has 0 bridgehead atoms. The van der Waals surface area contributed by atoms with Crippen molar-refractivity contribution in [3.05, 3.63) is 29.3 Å². The van der Waals surface area contributed by atoms with Crippen molar-refractivity contribution in [1.29, 1.82) is 0 Å². The second-order valence-corrected chi connectivity index (χ2v) is 6.01. The zero-order valence-electron chi connectivity index (χ0n) is 13.0. The normalized spacial score (nSPS) is 17.9. The Labute approximate surface area is 121 Å². The van der Waals surface area contributed by atoms with Crippen LogP contribution in [0.4, 0.5) is 0 Å². The summed E-state index contributed by atoms with van der Waals surface area (Å²) in [7, 11) is 0. The highest BCUT2D eigenvalue weighted by Gasteiger charge is 2.25. The number of amides is 1. The number of hydrogen-bond donors (Lipinski definition) is 0. The number of benzene rings is 1. The molecule has 1 saturated heterocycles. The van der Waals surface area contributed by atoms with Gasteiger partial charge in [-0.2, -0.15) is 0 Å². The summed E-state index contributed by atoms with van der Waals surface area (Å²) >= 11 is 0. The third kappa shape index (κ3) is 3.53. The highest BCUT2D eigenvalue weighted by Crippen LogP contribution is 2.20. The molecule has 3 nitrogen and oxygen atoms in total. The second kappa shape index (κ2) is 6.29. The summed E-state index contributed by atoms with van der Waals surface area (Å²) in [5.74, 6) is 1.62. The molecule has 1 aliphatic rings. The van der Waals surface area contributed by atoms with Crippen LogP contribution in [-0.2, 0) is 4.79 Å². The van der Waals surface area contributed by atoms with E-state index in [1.54, 1.807) is 0 Å². The van der Waals surface area contributed by atoms with E-state index in [1.807, 2.05) is 30.0 Å². The quantitative estimate of drug-likeness (QED) is 0.847. The van der Waals surface area contributed by atoms with Gasteiger partial charge in [0.25, 0.3) is 5.91 Å². The lowest BCUT2D eigenvalue weighted by Crippen LogP contribution is -2.44. The molecule has 3 heteroatoms. The first-order valence-electron chi connectivity index (χ1n) is 7.50. The van der Waals surface area contributed by atoms with Crippen LogP contribution in [0.3, 0.4) is 0 Å². The van der Waals surface area contributed by atoms with Crippen molar-refractivity contribution < 1.29 is 9.53 Å². The number of likely N-dealkylation sites (tertiary alicyclic amines) is 1. The third-order valence-electron chi connectivity index (χ3n) is 4.23. The van der Waals surface area contributed by atoms with Crippen LogP contribution in [0.2, 0.25) is 0 Å². The number of hydrogen-bond acceptors (Lipinski definition) is 2. The van der Waals surface area contributed by atoms with Crippen molar-refractivity contribution in [1.82, 2.24) is 4.90 Å². The van der Waals surface area contributed by atoms with Crippen molar-refractivity contribution in [3.63, 3.8) is 0 Å². The average molecular weight is 275 g/mol. The lowest BCUT2D eigenvalue weighted by Gasteiger charge is -2.32. The Morgan fingerprint density at radius 1 is 1.25 bits per heavy atom. The van der Waals surface area contributed by atoms with Crippen molar-refractivity contribution >= 4 is 5.91 Å². The summed E-state index contributed by atoms with van der Waals surface area (Å²) in [6.07, 6.45) is 1.79. The Kier molecular flexibility index (Phi) is 4.69. The fraction of sp³-hybridized carbons (Fsp3) is 0.588. The summed E-state index contributed by atoms with van der Waals surface area (Å²) in [4.78, 5) is 14.3. The molecule has 0 aliphatic carbocycles. The predicted octanol–water partition coefficient (Wildman–Crippen LogP) is 3.33. The molecular weight excluding hydrogens is 250 g/mol. The molecule has 0 spiro atoms. The predicted molar refractivity (Wildman–Crippen MR) is 81.0 cm³/mol. The number of ether oxygens (including phenoxy) is 1. The van der Waals surface area contributed by atoms with E-state index < -0.39 is 6.10 Å². The van der Waals surface area contributed by atoms with Crippen LogP contribution in [0.15, 0.2) is 18.2 Å². The van der Waals surface area contributed by atoms with E-state index in [1.165, 1.54) is 11.1 Å². The van der Waals surface area contributed by atoms with Gasteiger partial charge in [-0.1, -0.05) is 13.0 Å². The van der Waals surface area contributed by atoms with Crippen molar-refractivity contribution in [2.24, 2.45) is 5.92 Å². The van der Waals surface area contributed by atoms with E-state index >= 15 is 0 Å². The van der Waals surface area contributed by atoms with E-state index in [0.29, 0.717) is 0 Å². The maximum atomic E-state index is 12.4. The Bertz CT molecular complexity index is 476. The van der Waals surface area contributed by atoms with Crippen molar-refractivity contribution in [2.75, 3.05) is 13.1 Å². The summed E-state index contributed by atoms with van der Waals surface area (Å²) in [5, 5.41) is 0. The first-order valence-corrected chi connectivity index (χ1v) is 7.50. The first kappa shape index (κ1) is 14.9. The molecule has 0 saturated carbocycles. The molecule has 1 aromatic carbocycles. The third-order valence-corrected chi connectivity index (χ3v) is 4.23. The standard InChI is InChI=1S/C17H25NO2/c1-12-7-9-18(10-8-12)17(19)15(4)20-16-6-5-13(2)14(3)11-16/h5-6,11-12,15H,7-10H2,1-4H3/t15-/m0/s1. The number of nitrogens with zero attached hydrogens (tertiary/aromatic N) is 1. The van der Waals surface area contributed by atoms with Gasteiger partial charge in [-0.05, 0) is 62.8 Å². The van der Waals surface area contributed by atoms with Crippen LogP contribution >= 0.6 is 0 Å². The Morgan fingerprint density at radius 3 is 2.50 bits per heavy atom. The number of carbonyl (C=O) groups excluding carboxylic acids is 1. The lowest BCUT2D eigenvalue weighted by molar-refractivity contribution is -0.139. The van der Waals surface area contributed by atoms with Gasteiger partial charge in [-0.3, -0.25) is 4.79 Å². The van der Waals surface area contributed by atoms with E-state index in [4.69, 9.17) is 4.74 Å². The maximum absolute atomic E-state index is 12.4. The average Bonchev–Trinajstić information content (AvgIpc) is 2.43. The number of piperidine rings is 1. The summed E-state index contributed by atoms with van der Waals surface area (Å²) in [6, 6.07) is 5.96. The first-order chi connectivity index (χ1) is 9.47. The molecule has 20 heavy (non-hydrogen) atoms. The van der Waals surface area contributed by atoms with Crippen LogP contribution in [0.25, 0.3) is 0 Å². The van der Waals surface area contributed by atoms with Crippen LogP contribution in [-0.4, -0.2) is 30.0 Å². The summed E-state index contributed by atoms with van der Waals surface area (Å²) in [6.45, 7) is 9.94. The molecule has 1 amide bonds. The Balaban J connectivity index is 1.95. The highest BCUT2D eigenvalue weighted by atomic mass is 16.5. The fourth-order valence-electron chi connectivity index (χ4n) is 2.53. The van der Waals surface area contributed by atoms with Crippen LogP contribution in [0, 0.1) is 19.8 Å². The van der Waals surface area contributed by atoms with Gasteiger partial charge in [0.05, 0.1) is 0 Å². The van der Waals surface area contributed by atoms with E-state index in [-0.39, 0.29) is 5.91 Å². The Morgan fingerprint density at radius 2 is 1.90 bits per heavy atom. The van der Waals surface area contributed by atoms with Gasteiger partial charge in [0.2, 0.25) is 0 Å². The minimum absolute atomic E-state index is 0.107. The van der Waals surface area contributed by atoms with Crippen LogP contribution < -0.4 is 4.74 Å². The van der Waals surface area contributed by atoms with Crippen LogP contribution in [0.5, 0.6) is 5.75 Å². The molecule has 1 aliphatic heterocycles. The molecule has 0 N–H and O–H groups in total. The van der Waals surface area contributed by atoms with Crippen molar-refractivity contribution in [2.45, 2.75) is 46.6 Å². The SMILES string of the molecule is Cc1ccc(O[C@@H](C)C(=O)N2CCC(C)CC2)cc1C. The molecule has 0 unspecified atom stereocenters. The summed E-state index contributed by atoms with van der Waals surface area (Å²) in [5.41, 5.74) is 2.43. The summed E-state index contributed by atoms with van der Waals surface area (Å²) < 4.78 is 5.80. The van der Waals surface area contributed by atoms with Gasteiger partial charge in [0, 0.05) is 13.1 Å². The highest BCUT2D eigenvalue weighted by molar-refractivity contribution is 5.81. The molecule has 0 aromatic heterocycles. The monoisotopic (exact) mass is 275 g/mol. The van der Waals surface area contributed by atoms with Crippen molar-refractivity contribution in [3.8, 4) is 5.75 Å². The van der Waals surface area contributed by atoms with E-state index in [9.17, 15) is 4.79 Å². The minimum Gasteiger partial charge on any atom is -0.481 e. The molecule has 1 fully saturated rings. The molecule has 1 aromatic rings. The van der Waals surface area contributed by atoms with Gasteiger partial charge < -0.3 is 9.64 Å². The molecule has 110 valence electrons.